The summed E-state index contributed by atoms with van der Waals surface area (Å²) in [6.45, 7) is 2.10. The molecule has 2 heterocycles. The van der Waals surface area contributed by atoms with E-state index in [0.717, 1.165) is 15.0 Å². The van der Waals surface area contributed by atoms with Gasteiger partial charge < -0.3 is 0 Å². The van der Waals surface area contributed by atoms with Gasteiger partial charge in [0.1, 0.15) is 4.21 Å². The van der Waals surface area contributed by atoms with Crippen LogP contribution in [0.5, 0.6) is 0 Å². The molecular formula is C10H12BrN3O2S2. The molecular weight excluding hydrogens is 338 g/mol. The molecule has 0 aliphatic carbocycles. The van der Waals surface area contributed by atoms with E-state index in [1.165, 1.54) is 11.3 Å². The molecule has 0 bridgehead atoms. The van der Waals surface area contributed by atoms with E-state index >= 15 is 0 Å². The van der Waals surface area contributed by atoms with Gasteiger partial charge in [0.15, 0.2) is 0 Å². The summed E-state index contributed by atoms with van der Waals surface area (Å²) in [6, 6.07) is 3.29. The van der Waals surface area contributed by atoms with Crippen molar-refractivity contribution in [2.24, 2.45) is 7.05 Å². The van der Waals surface area contributed by atoms with E-state index < -0.39 is 10.0 Å². The topological polar surface area (TPSA) is 64.0 Å². The number of aromatic nitrogens is 2. The Kier molecular flexibility index (Phi) is 3.90. The van der Waals surface area contributed by atoms with Crippen LogP contribution >= 0.6 is 27.3 Å². The summed E-state index contributed by atoms with van der Waals surface area (Å²) >= 11 is 4.43. The van der Waals surface area contributed by atoms with Crippen molar-refractivity contribution in [3.05, 3.63) is 33.4 Å². The first kappa shape index (κ1) is 13.7. The summed E-state index contributed by atoms with van der Waals surface area (Å²) < 4.78 is 29.3. The summed E-state index contributed by atoms with van der Waals surface area (Å²) in [6.07, 6.45) is 1.81. The molecule has 0 saturated carbocycles. The highest BCUT2D eigenvalue weighted by Gasteiger charge is 2.17. The number of nitrogens with zero attached hydrogens (tertiary/aromatic N) is 2. The van der Waals surface area contributed by atoms with Gasteiger partial charge >= 0.3 is 0 Å². The van der Waals surface area contributed by atoms with E-state index in [1.54, 1.807) is 23.9 Å². The molecule has 2 aromatic rings. The van der Waals surface area contributed by atoms with E-state index in [4.69, 9.17) is 0 Å². The van der Waals surface area contributed by atoms with Crippen molar-refractivity contribution in [2.45, 2.75) is 17.7 Å². The van der Waals surface area contributed by atoms with Crippen molar-refractivity contribution < 1.29 is 8.42 Å². The Bertz CT molecular complexity index is 660. The zero-order valence-corrected chi connectivity index (χ0v) is 13.1. The Hall–Kier alpha value is -0.700. The van der Waals surface area contributed by atoms with Crippen molar-refractivity contribution in [3.8, 4) is 0 Å². The van der Waals surface area contributed by atoms with Crippen LogP contribution in [0, 0.1) is 6.92 Å². The lowest BCUT2D eigenvalue weighted by Gasteiger charge is -2.03. The smallest absolute Gasteiger partial charge is 0.250 e. The molecule has 0 fully saturated rings. The van der Waals surface area contributed by atoms with E-state index in [2.05, 4.69) is 25.8 Å². The van der Waals surface area contributed by atoms with Gasteiger partial charge in [-0.1, -0.05) is 0 Å². The highest BCUT2D eigenvalue weighted by Crippen LogP contribution is 2.25. The second-order valence-corrected chi connectivity index (χ2v) is 8.25. The SMILES string of the molecule is Cc1nn(C)cc1CNS(=O)(=O)c1ccc(Br)s1. The van der Waals surface area contributed by atoms with Gasteiger partial charge in [-0.15, -0.1) is 11.3 Å². The van der Waals surface area contributed by atoms with Crippen molar-refractivity contribution in [1.29, 1.82) is 0 Å². The monoisotopic (exact) mass is 349 g/mol. The van der Waals surface area contributed by atoms with E-state index in [1.807, 2.05) is 13.1 Å². The third-order valence-corrected chi connectivity index (χ3v) is 5.90. The van der Waals surface area contributed by atoms with Crippen LogP contribution < -0.4 is 4.72 Å². The average Bonchev–Trinajstić information content (AvgIpc) is 2.83. The van der Waals surface area contributed by atoms with Crippen molar-refractivity contribution >= 4 is 37.3 Å². The Morgan fingerprint density at radius 1 is 1.50 bits per heavy atom. The minimum atomic E-state index is -3.44. The van der Waals surface area contributed by atoms with Gasteiger partial charge in [-0.3, -0.25) is 4.68 Å². The quantitative estimate of drug-likeness (QED) is 0.918. The molecule has 2 aromatic heterocycles. The maximum Gasteiger partial charge on any atom is 0.250 e. The Morgan fingerprint density at radius 2 is 2.22 bits per heavy atom. The second-order valence-electron chi connectivity index (χ2n) is 3.80. The molecule has 0 unspecified atom stereocenters. The molecule has 0 aliphatic rings. The zero-order valence-electron chi connectivity index (χ0n) is 9.84. The predicted molar refractivity (Wildman–Crippen MR) is 74.0 cm³/mol. The van der Waals surface area contributed by atoms with E-state index in [-0.39, 0.29) is 6.54 Å². The number of hydrogen-bond acceptors (Lipinski definition) is 4. The number of aryl methyl sites for hydroxylation is 2. The number of hydrogen-bond donors (Lipinski definition) is 1. The molecule has 0 radical (unpaired) electrons. The van der Waals surface area contributed by atoms with Crippen LogP contribution in [0.2, 0.25) is 0 Å². The van der Waals surface area contributed by atoms with Gasteiger partial charge in [0.2, 0.25) is 10.0 Å². The van der Waals surface area contributed by atoms with Crippen molar-refractivity contribution in [3.63, 3.8) is 0 Å². The predicted octanol–water partition coefficient (Wildman–Crippen LogP) is 2.03. The fraction of sp³-hybridized carbons (Fsp3) is 0.300. The summed E-state index contributed by atoms with van der Waals surface area (Å²) in [4.78, 5) is 0. The summed E-state index contributed by atoms with van der Waals surface area (Å²) in [7, 11) is -1.64. The van der Waals surface area contributed by atoms with Crippen LogP contribution in [0.15, 0.2) is 26.3 Å². The molecule has 98 valence electrons. The Balaban J connectivity index is 2.13. The molecule has 0 aromatic carbocycles. The molecule has 5 nitrogen and oxygen atoms in total. The normalized spacial score (nSPS) is 11.9. The van der Waals surface area contributed by atoms with Gasteiger partial charge in [0, 0.05) is 25.4 Å². The van der Waals surface area contributed by atoms with Gasteiger partial charge in [-0.25, -0.2) is 13.1 Å². The highest BCUT2D eigenvalue weighted by atomic mass is 79.9. The maximum absolute atomic E-state index is 12.0. The number of halogens is 1. The van der Waals surface area contributed by atoms with E-state index in [0.29, 0.717) is 4.21 Å². The van der Waals surface area contributed by atoms with Crippen LogP contribution in [0.1, 0.15) is 11.3 Å². The fourth-order valence-corrected chi connectivity index (χ4v) is 4.57. The first-order valence-electron chi connectivity index (χ1n) is 5.12. The molecule has 0 spiro atoms. The molecule has 0 saturated heterocycles. The minimum absolute atomic E-state index is 0.248. The molecule has 2 rings (SSSR count). The maximum atomic E-state index is 12.0. The second kappa shape index (κ2) is 5.12. The van der Waals surface area contributed by atoms with Crippen LogP contribution in [0.3, 0.4) is 0 Å². The number of rotatable bonds is 4. The third-order valence-electron chi connectivity index (χ3n) is 2.38. The van der Waals surface area contributed by atoms with Crippen LogP contribution in [0.4, 0.5) is 0 Å². The van der Waals surface area contributed by atoms with Gasteiger partial charge in [0.25, 0.3) is 0 Å². The van der Waals surface area contributed by atoms with Gasteiger partial charge in [-0.2, -0.15) is 5.10 Å². The molecule has 0 atom stereocenters. The molecule has 8 heteroatoms. The summed E-state index contributed by atoms with van der Waals surface area (Å²) in [5, 5.41) is 4.17. The van der Waals surface area contributed by atoms with Crippen molar-refractivity contribution in [1.82, 2.24) is 14.5 Å². The molecule has 0 amide bonds. The van der Waals surface area contributed by atoms with Crippen molar-refractivity contribution in [2.75, 3.05) is 0 Å². The van der Waals surface area contributed by atoms with Crippen LogP contribution in [-0.2, 0) is 23.6 Å². The summed E-state index contributed by atoms with van der Waals surface area (Å²) in [5.74, 6) is 0. The molecule has 18 heavy (non-hydrogen) atoms. The first-order valence-corrected chi connectivity index (χ1v) is 8.22. The van der Waals surface area contributed by atoms with Crippen LogP contribution in [0.25, 0.3) is 0 Å². The first-order chi connectivity index (χ1) is 8.38. The van der Waals surface area contributed by atoms with E-state index in [9.17, 15) is 8.42 Å². The lowest BCUT2D eigenvalue weighted by Crippen LogP contribution is -2.22. The Labute approximate surface area is 118 Å². The third kappa shape index (κ3) is 3.00. The lowest BCUT2D eigenvalue weighted by atomic mass is 10.3. The standard InChI is InChI=1S/C10H12BrN3O2S2/c1-7-8(6-14(2)13-7)5-12-18(15,16)10-4-3-9(11)17-10/h3-4,6,12H,5H2,1-2H3. The average molecular weight is 350 g/mol. The number of thiophene rings is 1. The Morgan fingerprint density at radius 3 is 2.72 bits per heavy atom. The number of nitrogens with one attached hydrogen (secondary N) is 1. The fourth-order valence-electron chi connectivity index (χ4n) is 1.51. The molecule has 1 N–H and O–H groups in total. The largest absolute Gasteiger partial charge is 0.275 e. The molecule has 0 aliphatic heterocycles. The highest BCUT2D eigenvalue weighted by molar-refractivity contribution is 9.11. The zero-order chi connectivity index (χ0) is 13.3. The lowest BCUT2D eigenvalue weighted by molar-refractivity contribution is 0.583. The van der Waals surface area contributed by atoms with Crippen LogP contribution in [-0.4, -0.2) is 18.2 Å². The minimum Gasteiger partial charge on any atom is -0.275 e. The number of sulfonamides is 1. The van der Waals surface area contributed by atoms with Gasteiger partial charge in [-0.05, 0) is 35.0 Å². The summed E-state index contributed by atoms with van der Waals surface area (Å²) in [5.41, 5.74) is 1.70. The van der Waals surface area contributed by atoms with Gasteiger partial charge in [0.05, 0.1) is 9.48 Å².